The summed E-state index contributed by atoms with van der Waals surface area (Å²) in [5.74, 6) is 1.22. The Kier molecular flexibility index (Phi) is 3.52. The number of amides is 1. The van der Waals surface area contributed by atoms with Gasteiger partial charge >= 0.3 is 0 Å². The summed E-state index contributed by atoms with van der Waals surface area (Å²) in [6.07, 6.45) is 4.03. The smallest absolute Gasteiger partial charge is 0.238 e. The molecule has 5 heteroatoms. The van der Waals surface area contributed by atoms with Crippen molar-refractivity contribution in [2.45, 2.75) is 18.8 Å². The lowest BCUT2D eigenvalue weighted by Crippen LogP contribution is -2.28. The summed E-state index contributed by atoms with van der Waals surface area (Å²) < 4.78 is 5.68. The zero-order chi connectivity index (χ0) is 13.9. The molecule has 0 aliphatic heterocycles. The van der Waals surface area contributed by atoms with Crippen molar-refractivity contribution in [3.63, 3.8) is 0 Å². The van der Waals surface area contributed by atoms with E-state index in [0.717, 1.165) is 35.5 Å². The molecule has 0 unspecified atom stereocenters. The fraction of sp³-hybridized carbons (Fsp3) is 0.333. The molecule has 3 rings (SSSR count). The maximum atomic E-state index is 11.7. The molecule has 5 nitrogen and oxygen atoms in total. The summed E-state index contributed by atoms with van der Waals surface area (Å²) in [5, 5.41) is 5.78. The van der Waals surface area contributed by atoms with Crippen molar-refractivity contribution in [1.82, 2.24) is 10.3 Å². The Balaban J connectivity index is 1.68. The predicted octanol–water partition coefficient (Wildman–Crippen LogP) is 2.42. The molecule has 1 aromatic carbocycles. The van der Waals surface area contributed by atoms with Gasteiger partial charge in [-0.1, -0.05) is 6.08 Å². The Morgan fingerprint density at radius 2 is 2.35 bits per heavy atom. The number of oxazole rings is 1. The summed E-state index contributed by atoms with van der Waals surface area (Å²) >= 11 is 0. The zero-order valence-corrected chi connectivity index (χ0v) is 11.2. The van der Waals surface area contributed by atoms with Crippen LogP contribution in [0.3, 0.4) is 0 Å². The Morgan fingerprint density at radius 3 is 3.10 bits per heavy atom. The van der Waals surface area contributed by atoms with Crippen LogP contribution >= 0.6 is 0 Å². The molecule has 104 valence electrons. The minimum Gasteiger partial charge on any atom is -0.440 e. The van der Waals surface area contributed by atoms with Crippen molar-refractivity contribution < 1.29 is 9.21 Å². The molecule has 0 spiro atoms. The Labute approximate surface area is 117 Å². The van der Waals surface area contributed by atoms with Crippen molar-refractivity contribution in [2.24, 2.45) is 0 Å². The number of carbonyl (C=O) groups is 1. The molecule has 1 fully saturated rings. The molecule has 1 aromatic heterocycles. The van der Waals surface area contributed by atoms with E-state index < -0.39 is 0 Å². The van der Waals surface area contributed by atoms with E-state index in [9.17, 15) is 4.79 Å². The van der Waals surface area contributed by atoms with Gasteiger partial charge in [0.2, 0.25) is 5.91 Å². The number of hydrogen-bond donors (Lipinski definition) is 2. The number of nitrogens with one attached hydrogen (secondary N) is 2. The van der Waals surface area contributed by atoms with Crippen molar-refractivity contribution >= 4 is 22.7 Å². The van der Waals surface area contributed by atoms with Gasteiger partial charge in [-0.2, -0.15) is 0 Å². The molecule has 2 aromatic rings. The van der Waals surface area contributed by atoms with Gasteiger partial charge in [-0.3, -0.25) is 4.79 Å². The summed E-state index contributed by atoms with van der Waals surface area (Å²) in [6, 6.07) is 5.52. The quantitative estimate of drug-likeness (QED) is 0.625. The van der Waals surface area contributed by atoms with Crippen LogP contribution in [0, 0.1) is 0 Å². The average molecular weight is 271 g/mol. The van der Waals surface area contributed by atoms with E-state index in [1.54, 1.807) is 6.08 Å². The minimum atomic E-state index is -0.0860. The number of aromatic nitrogens is 1. The van der Waals surface area contributed by atoms with E-state index in [1.165, 1.54) is 0 Å². The summed E-state index contributed by atoms with van der Waals surface area (Å²) in [4.78, 5) is 16.2. The Bertz CT molecular complexity index is 644. The number of carbonyl (C=O) groups excluding carboxylic acids is 1. The summed E-state index contributed by atoms with van der Waals surface area (Å²) in [7, 11) is 0. The fourth-order valence-electron chi connectivity index (χ4n) is 2.02. The van der Waals surface area contributed by atoms with Crippen LogP contribution in [-0.4, -0.2) is 24.0 Å². The lowest BCUT2D eigenvalue weighted by atomic mass is 10.3. The van der Waals surface area contributed by atoms with E-state index in [1.807, 2.05) is 18.2 Å². The van der Waals surface area contributed by atoms with Crippen LogP contribution in [0.15, 0.2) is 35.3 Å². The second-order valence-corrected chi connectivity index (χ2v) is 4.98. The molecular formula is C15H17N3O2. The highest BCUT2D eigenvalue weighted by Crippen LogP contribution is 2.40. The number of anilines is 1. The maximum absolute atomic E-state index is 11.7. The van der Waals surface area contributed by atoms with Gasteiger partial charge in [-0.15, -0.1) is 6.58 Å². The van der Waals surface area contributed by atoms with E-state index in [4.69, 9.17) is 4.42 Å². The topological polar surface area (TPSA) is 67.2 Å². The van der Waals surface area contributed by atoms with Crippen molar-refractivity contribution in [3.8, 4) is 0 Å². The fourth-order valence-corrected chi connectivity index (χ4v) is 2.02. The normalized spacial score (nSPS) is 14.4. The van der Waals surface area contributed by atoms with Crippen LogP contribution in [-0.2, 0) is 4.79 Å². The molecule has 1 heterocycles. The second-order valence-electron chi connectivity index (χ2n) is 4.98. The first-order valence-electron chi connectivity index (χ1n) is 6.78. The first-order chi connectivity index (χ1) is 9.76. The highest BCUT2D eigenvalue weighted by atomic mass is 16.3. The van der Waals surface area contributed by atoms with Crippen LogP contribution < -0.4 is 10.6 Å². The van der Waals surface area contributed by atoms with Gasteiger partial charge in [-0.05, 0) is 31.0 Å². The average Bonchev–Trinajstić information content (AvgIpc) is 3.19. The highest BCUT2D eigenvalue weighted by molar-refractivity contribution is 5.94. The van der Waals surface area contributed by atoms with E-state index in [-0.39, 0.29) is 12.5 Å². The number of benzene rings is 1. The van der Waals surface area contributed by atoms with E-state index >= 15 is 0 Å². The standard InChI is InChI=1S/C15H17N3O2/c1-2-7-16-9-14(19)17-11-5-6-13-12(8-11)18-15(20-13)10-3-4-10/h2,5-6,8,10,16H,1,3-4,7,9H2,(H,17,19). The predicted molar refractivity (Wildman–Crippen MR) is 77.7 cm³/mol. The third-order valence-electron chi connectivity index (χ3n) is 3.19. The minimum absolute atomic E-state index is 0.0860. The zero-order valence-electron chi connectivity index (χ0n) is 11.2. The summed E-state index contributed by atoms with van der Waals surface area (Å²) in [5.41, 5.74) is 2.30. The number of nitrogens with zero attached hydrogens (tertiary/aromatic N) is 1. The molecule has 0 saturated heterocycles. The van der Waals surface area contributed by atoms with Crippen molar-refractivity contribution in [2.75, 3.05) is 18.4 Å². The van der Waals surface area contributed by atoms with Gasteiger partial charge in [0.25, 0.3) is 0 Å². The number of fused-ring (bicyclic) bond motifs is 1. The molecule has 0 bridgehead atoms. The molecular weight excluding hydrogens is 254 g/mol. The van der Waals surface area contributed by atoms with Crippen molar-refractivity contribution in [1.29, 1.82) is 0 Å². The first-order valence-corrected chi connectivity index (χ1v) is 6.78. The third kappa shape index (κ3) is 2.88. The van der Waals surface area contributed by atoms with Gasteiger partial charge in [0.15, 0.2) is 11.5 Å². The van der Waals surface area contributed by atoms with Crippen molar-refractivity contribution in [3.05, 3.63) is 36.7 Å². The molecule has 1 aliphatic carbocycles. The summed E-state index contributed by atoms with van der Waals surface area (Å²) in [6.45, 7) is 4.46. The van der Waals surface area contributed by atoms with Gasteiger partial charge in [-0.25, -0.2) is 4.98 Å². The monoisotopic (exact) mass is 271 g/mol. The molecule has 1 saturated carbocycles. The van der Waals surface area contributed by atoms with Gasteiger partial charge < -0.3 is 15.1 Å². The lowest BCUT2D eigenvalue weighted by Gasteiger charge is -2.04. The van der Waals surface area contributed by atoms with Gasteiger partial charge in [0.05, 0.1) is 6.54 Å². The first kappa shape index (κ1) is 12.9. The molecule has 20 heavy (non-hydrogen) atoms. The van der Waals surface area contributed by atoms with Crippen LogP contribution in [0.2, 0.25) is 0 Å². The van der Waals surface area contributed by atoms with E-state index in [2.05, 4.69) is 22.2 Å². The molecule has 1 aliphatic rings. The molecule has 0 atom stereocenters. The van der Waals surface area contributed by atoms with Crippen LogP contribution in [0.1, 0.15) is 24.7 Å². The van der Waals surface area contributed by atoms with Gasteiger partial charge in [0, 0.05) is 18.2 Å². The largest absolute Gasteiger partial charge is 0.440 e. The highest BCUT2D eigenvalue weighted by Gasteiger charge is 2.28. The van der Waals surface area contributed by atoms with Crippen LogP contribution in [0.4, 0.5) is 5.69 Å². The third-order valence-corrected chi connectivity index (χ3v) is 3.19. The maximum Gasteiger partial charge on any atom is 0.238 e. The van der Waals surface area contributed by atoms with Crippen LogP contribution in [0.5, 0.6) is 0 Å². The van der Waals surface area contributed by atoms with Gasteiger partial charge in [0.1, 0.15) is 5.52 Å². The Morgan fingerprint density at radius 1 is 1.50 bits per heavy atom. The molecule has 2 N–H and O–H groups in total. The number of hydrogen-bond acceptors (Lipinski definition) is 4. The molecule has 0 radical (unpaired) electrons. The SMILES string of the molecule is C=CCNCC(=O)Nc1ccc2oc(C3CC3)nc2c1. The molecule has 1 amide bonds. The Hall–Kier alpha value is -2.14. The van der Waals surface area contributed by atoms with Crippen LogP contribution in [0.25, 0.3) is 11.1 Å². The van der Waals surface area contributed by atoms with E-state index in [0.29, 0.717) is 12.5 Å². The second kappa shape index (κ2) is 5.46. The number of rotatable bonds is 6. The lowest BCUT2D eigenvalue weighted by molar-refractivity contribution is -0.115.